The van der Waals surface area contributed by atoms with Gasteiger partial charge in [-0.2, -0.15) is 0 Å². The maximum Gasteiger partial charge on any atom is 0.0701 e. The SMILES string of the molecule is CC(C)C1CC(N)C(C)OC(C(C)C)C1. The lowest BCUT2D eigenvalue weighted by Gasteiger charge is -2.25. The summed E-state index contributed by atoms with van der Waals surface area (Å²) < 4.78 is 6.04. The van der Waals surface area contributed by atoms with Crippen molar-refractivity contribution in [1.29, 1.82) is 0 Å². The van der Waals surface area contributed by atoms with Gasteiger partial charge in [0.2, 0.25) is 0 Å². The maximum atomic E-state index is 6.14. The zero-order valence-corrected chi connectivity index (χ0v) is 10.9. The Morgan fingerprint density at radius 2 is 1.67 bits per heavy atom. The predicted molar refractivity (Wildman–Crippen MR) is 64.7 cm³/mol. The molecule has 0 aromatic heterocycles. The molecule has 1 heterocycles. The molecule has 0 bridgehead atoms. The van der Waals surface area contributed by atoms with E-state index in [4.69, 9.17) is 10.5 Å². The second-order valence-corrected chi connectivity index (χ2v) is 5.76. The lowest BCUT2D eigenvalue weighted by atomic mass is 9.83. The fourth-order valence-corrected chi connectivity index (χ4v) is 2.34. The van der Waals surface area contributed by atoms with Crippen LogP contribution in [0.4, 0.5) is 0 Å². The number of ether oxygens (including phenoxy) is 1. The van der Waals surface area contributed by atoms with Gasteiger partial charge in [-0.25, -0.2) is 0 Å². The fraction of sp³-hybridized carbons (Fsp3) is 1.00. The van der Waals surface area contributed by atoms with Gasteiger partial charge in [0.15, 0.2) is 0 Å². The van der Waals surface area contributed by atoms with Gasteiger partial charge in [-0.05, 0) is 37.5 Å². The standard InChI is InChI=1S/C13H27NO/c1-8(2)11-6-12(14)10(5)15-13(7-11)9(3)4/h8-13H,6-7,14H2,1-5H3. The minimum Gasteiger partial charge on any atom is -0.373 e. The van der Waals surface area contributed by atoms with E-state index < -0.39 is 0 Å². The van der Waals surface area contributed by atoms with Crippen molar-refractivity contribution in [3.05, 3.63) is 0 Å². The number of hydrogen-bond donors (Lipinski definition) is 1. The van der Waals surface area contributed by atoms with Crippen LogP contribution in [-0.2, 0) is 4.74 Å². The molecule has 2 N–H and O–H groups in total. The molecular formula is C13H27NO. The van der Waals surface area contributed by atoms with Crippen LogP contribution in [0.1, 0.15) is 47.5 Å². The molecule has 0 saturated carbocycles. The van der Waals surface area contributed by atoms with Gasteiger partial charge in [-0.3, -0.25) is 0 Å². The zero-order valence-electron chi connectivity index (χ0n) is 10.9. The number of rotatable bonds is 2. The molecule has 15 heavy (non-hydrogen) atoms. The van der Waals surface area contributed by atoms with Crippen molar-refractivity contribution in [3.8, 4) is 0 Å². The first-order valence-corrected chi connectivity index (χ1v) is 6.32. The quantitative estimate of drug-likeness (QED) is 0.765. The van der Waals surface area contributed by atoms with E-state index in [9.17, 15) is 0 Å². The number of hydrogen-bond acceptors (Lipinski definition) is 2. The zero-order chi connectivity index (χ0) is 11.6. The van der Waals surface area contributed by atoms with Crippen molar-refractivity contribution in [3.63, 3.8) is 0 Å². The molecule has 1 aliphatic heterocycles. The van der Waals surface area contributed by atoms with E-state index in [-0.39, 0.29) is 12.1 Å². The summed E-state index contributed by atoms with van der Waals surface area (Å²) in [6, 6.07) is 0.209. The van der Waals surface area contributed by atoms with Crippen LogP contribution in [0.3, 0.4) is 0 Å². The molecule has 0 radical (unpaired) electrons. The normalized spacial score (nSPS) is 38.4. The molecule has 2 heteroatoms. The Bertz CT molecular complexity index is 171. The van der Waals surface area contributed by atoms with Gasteiger partial charge in [-0.1, -0.05) is 27.7 Å². The first kappa shape index (κ1) is 13.0. The largest absolute Gasteiger partial charge is 0.373 e. The van der Waals surface area contributed by atoms with Crippen molar-refractivity contribution in [2.24, 2.45) is 23.5 Å². The van der Waals surface area contributed by atoms with E-state index in [0.29, 0.717) is 17.9 Å². The summed E-state index contributed by atoms with van der Waals surface area (Å²) in [4.78, 5) is 0. The van der Waals surface area contributed by atoms with E-state index in [1.54, 1.807) is 0 Å². The lowest BCUT2D eigenvalue weighted by Crippen LogP contribution is -2.36. The van der Waals surface area contributed by atoms with Crippen LogP contribution in [0.2, 0.25) is 0 Å². The van der Waals surface area contributed by atoms with E-state index in [0.717, 1.165) is 12.3 Å². The second-order valence-electron chi connectivity index (χ2n) is 5.76. The van der Waals surface area contributed by atoms with Gasteiger partial charge >= 0.3 is 0 Å². The average Bonchev–Trinajstić information content (AvgIpc) is 2.27. The second kappa shape index (κ2) is 5.31. The third-order valence-corrected chi connectivity index (χ3v) is 3.79. The minimum atomic E-state index is 0.209. The van der Waals surface area contributed by atoms with Crippen LogP contribution in [0.15, 0.2) is 0 Å². The molecule has 0 spiro atoms. The van der Waals surface area contributed by atoms with Crippen molar-refractivity contribution in [1.82, 2.24) is 0 Å². The first-order chi connectivity index (χ1) is 6.91. The van der Waals surface area contributed by atoms with Gasteiger partial charge in [0.05, 0.1) is 12.2 Å². The first-order valence-electron chi connectivity index (χ1n) is 6.32. The summed E-state index contributed by atoms with van der Waals surface area (Å²) >= 11 is 0. The van der Waals surface area contributed by atoms with Gasteiger partial charge in [0, 0.05) is 6.04 Å². The summed E-state index contributed by atoms with van der Waals surface area (Å²) in [6.45, 7) is 11.2. The Balaban J connectivity index is 2.70. The summed E-state index contributed by atoms with van der Waals surface area (Å²) in [5, 5.41) is 0. The highest BCUT2D eigenvalue weighted by atomic mass is 16.5. The molecule has 4 unspecified atom stereocenters. The molecule has 0 aromatic rings. The van der Waals surface area contributed by atoms with Crippen LogP contribution < -0.4 is 5.73 Å². The topological polar surface area (TPSA) is 35.2 Å². The summed E-state index contributed by atoms with van der Waals surface area (Å²) in [5.41, 5.74) is 6.14. The monoisotopic (exact) mass is 213 g/mol. The van der Waals surface area contributed by atoms with Crippen molar-refractivity contribution < 1.29 is 4.74 Å². The number of nitrogens with two attached hydrogens (primary N) is 1. The Kier molecular flexibility index (Phi) is 4.60. The molecule has 4 atom stereocenters. The molecule has 1 aliphatic rings. The maximum absolute atomic E-state index is 6.14. The van der Waals surface area contributed by atoms with Gasteiger partial charge in [-0.15, -0.1) is 0 Å². The van der Waals surface area contributed by atoms with E-state index in [2.05, 4.69) is 34.6 Å². The Labute approximate surface area is 94.6 Å². The highest BCUT2D eigenvalue weighted by Gasteiger charge is 2.31. The molecule has 2 nitrogen and oxygen atoms in total. The van der Waals surface area contributed by atoms with E-state index in [1.165, 1.54) is 6.42 Å². The van der Waals surface area contributed by atoms with Crippen molar-refractivity contribution >= 4 is 0 Å². The van der Waals surface area contributed by atoms with Crippen LogP contribution in [0.5, 0.6) is 0 Å². The van der Waals surface area contributed by atoms with Crippen LogP contribution in [0.25, 0.3) is 0 Å². The van der Waals surface area contributed by atoms with Gasteiger partial charge in [0.1, 0.15) is 0 Å². The van der Waals surface area contributed by atoms with Gasteiger partial charge in [0.25, 0.3) is 0 Å². The van der Waals surface area contributed by atoms with Crippen molar-refractivity contribution in [2.45, 2.75) is 65.7 Å². The molecule has 1 fully saturated rings. The third-order valence-electron chi connectivity index (χ3n) is 3.79. The van der Waals surface area contributed by atoms with Crippen LogP contribution in [-0.4, -0.2) is 18.2 Å². The van der Waals surface area contributed by atoms with Crippen LogP contribution >= 0.6 is 0 Å². The molecule has 0 aliphatic carbocycles. The lowest BCUT2D eigenvalue weighted by molar-refractivity contribution is -0.0319. The molecule has 1 rings (SSSR count). The summed E-state index contributed by atoms with van der Waals surface area (Å²) in [6.07, 6.45) is 2.89. The molecular weight excluding hydrogens is 186 g/mol. The fourth-order valence-electron chi connectivity index (χ4n) is 2.34. The van der Waals surface area contributed by atoms with E-state index in [1.807, 2.05) is 0 Å². The van der Waals surface area contributed by atoms with Crippen molar-refractivity contribution in [2.75, 3.05) is 0 Å². The van der Waals surface area contributed by atoms with E-state index >= 15 is 0 Å². The molecule has 0 amide bonds. The Morgan fingerprint density at radius 1 is 1.07 bits per heavy atom. The van der Waals surface area contributed by atoms with Crippen LogP contribution in [0, 0.1) is 17.8 Å². The highest BCUT2D eigenvalue weighted by molar-refractivity contribution is 4.83. The third kappa shape index (κ3) is 3.46. The van der Waals surface area contributed by atoms with Gasteiger partial charge < -0.3 is 10.5 Å². The molecule has 1 saturated heterocycles. The smallest absolute Gasteiger partial charge is 0.0701 e. The molecule has 90 valence electrons. The summed E-state index contributed by atoms with van der Waals surface area (Å²) in [5.74, 6) is 2.03. The minimum absolute atomic E-state index is 0.209. The average molecular weight is 213 g/mol. The predicted octanol–water partition coefficient (Wildman–Crippen LogP) is 2.81. The molecule has 0 aromatic carbocycles. The Morgan fingerprint density at radius 3 is 2.13 bits per heavy atom. The summed E-state index contributed by atoms with van der Waals surface area (Å²) in [7, 11) is 0. The Hall–Kier alpha value is -0.0800. The highest BCUT2D eigenvalue weighted by Crippen LogP contribution is 2.31.